The molecule has 0 aliphatic rings. The molecule has 1 rings (SSSR count). The van der Waals surface area contributed by atoms with Crippen molar-refractivity contribution in [3.05, 3.63) is 35.4 Å². The Hall–Kier alpha value is -0.900. The zero-order valence-electron chi connectivity index (χ0n) is 9.74. The van der Waals surface area contributed by atoms with E-state index in [-0.39, 0.29) is 0 Å². The molecule has 0 aromatic heterocycles. The third kappa shape index (κ3) is 3.02. The largest absolute Gasteiger partial charge is 0.331 e. The Morgan fingerprint density at radius 2 is 1.67 bits per heavy atom. The van der Waals surface area contributed by atoms with Crippen LogP contribution in [0, 0.1) is 6.92 Å². The fraction of sp³-hybridized carbons (Fsp3) is 0.500. The number of rotatable bonds is 5. The molecule has 0 aliphatic carbocycles. The number of ether oxygens (including phenoxy) is 3. The summed E-state index contributed by atoms with van der Waals surface area (Å²) >= 11 is 0. The minimum atomic E-state index is -0.978. The van der Waals surface area contributed by atoms with Crippen LogP contribution in [0.5, 0.6) is 0 Å². The third-order valence-corrected chi connectivity index (χ3v) is 2.44. The Morgan fingerprint density at radius 1 is 1.07 bits per heavy atom. The first-order valence-corrected chi connectivity index (χ1v) is 4.87. The fourth-order valence-electron chi connectivity index (χ4n) is 1.54. The smallest absolute Gasteiger partial charge is 0.286 e. The van der Waals surface area contributed by atoms with Crippen LogP contribution in [-0.2, 0) is 20.6 Å². The molecule has 0 amide bonds. The van der Waals surface area contributed by atoms with E-state index in [0.29, 0.717) is 6.42 Å². The first-order valence-electron chi connectivity index (χ1n) is 4.87. The molecule has 0 aliphatic heterocycles. The van der Waals surface area contributed by atoms with E-state index in [1.807, 2.05) is 12.1 Å². The van der Waals surface area contributed by atoms with Crippen LogP contribution >= 0.6 is 0 Å². The second-order valence-electron chi connectivity index (χ2n) is 3.46. The molecule has 0 spiro atoms. The van der Waals surface area contributed by atoms with Gasteiger partial charge in [-0.3, -0.25) is 0 Å². The van der Waals surface area contributed by atoms with Gasteiger partial charge in [-0.15, -0.1) is 0 Å². The lowest BCUT2D eigenvalue weighted by Gasteiger charge is -2.28. The maximum absolute atomic E-state index is 5.24. The van der Waals surface area contributed by atoms with Crippen molar-refractivity contribution < 1.29 is 14.2 Å². The summed E-state index contributed by atoms with van der Waals surface area (Å²) in [6.45, 7) is 2.05. The second kappa shape index (κ2) is 5.26. The highest BCUT2D eigenvalue weighted by Crippen LogP contribution is 2.19. The maximum Gasteiger partial charge on any atom is 0.286 e. The van der Waals surface area contributed by atoms with Gasteiger partial charge >= 0.3 is 0 Å². The van der Waals surface area contributed by atoms with Gasteiger partial charge in [0.05, 0.1) is 6.42 Å². The number of hydrogen-bond donors (Lipinski definition) is 0. The highest BCUT2D eigenvalue weighted by Gasteiger charge is 2.29. The summed E-state index contributed by atoms with van der Waals surface area (Å²) in [6.07, 6.45) is 0.568. The Labute approximate surface area is 91.0 Å². The minimum Gasteiger partial charge on any atom is -0.331 e. The van der Waals surface area contributed by atoms with Crippen molar-refractivity contribution in [3.8, 4) is 0 Å². The molecule has 15 heavy (non-hydrogen) atoms. The molecule has 0 atom stereocenters. The van der Waals surface area contributed by atoms with Gasteiger partial charge < -0.3 is 14.2 Å². The van der Waals surface area contributed by atoms with E-state index in [4.69, 9.17) is 14.2 Å². The van der Waals surface area contributed by atoms with Crippen molar-refractivity contribution in [2.24, 2.45) is 0 Å². The molecule has 0 radical (unpaired) electrons. The summed E-state index contributed by atoms with van der Waals surface area (Å²) in [5.41, 5.74) is 2.34. The summed E-state index contributed by atoms with van der Waals surface area (Å²) < 4.78 is 15.7. The molecule has 84 valence electrons. The Kier molecular flexibility index (Phi) is 4.27. The van der Waals surface area contributed by atoms with Gasteiger partial charge in [0, 0.05) is 21.3 Å². The standard InChI is InChI=1S/C12H18O3/c1-10-6-5-7-11(8-10)9-12(13-2,14-3)15-4/h5-8H,9H2,1-4H3. The molecule has 0 fully saturated rings. The topological polar surface area (TPSA) is 27.7 Å². The van der Waals surface area contributed by atoms with Crippen LogP contribution in [0.15, 0.2) is 24.3 Å². The normalized spacial score (nSPS) is 11.7. The molecule has 1 aromatic rings. The lowest BCUT2D eigenvalue weighted by Crippen LogP contribution is -2.38. The lowest BCUT2D eigenvalue weighted by atomic mass is 10.1. The van der Waals surface area contributed by atoms with Crippen LogP contribution in [0.1, 0.15) is 11.1 Å². The number of hydrogen-bond acceptors (Lipinski definition) is 3. The molecule has 0 saturated heterocycles. The average molecular weight is 210 g/mol. The lowest BCUT2D eigenvalue weighted by molar-refractivity contribution is -0.350. The molecule has 0 unspecified atom stereocenters. The average Bonchev–Trinajstić information content (AvgIpc) is 2.26. The van der Waals surface area contributed by atoms with Crippen molar-refractivity contribution in [2.45, 2.75) is 19.3 Å². The molecule has 1 aromatic carbocycles. The van der Waals surface area contributed by atoms with Gasteiger partial charge in [0.15, 0.2) is 0 Å². The quantitative estimate of drug-likeness (QED) is 0.697. The number of benzene rings is 1. The third-order valence-electron chi connectivity index (χ3n) is 2.44. The van der Waals surface area contributed by atoms with Gasteiger partial charge in [-0.05, 0) is 12.5 Å². The maximum atomic E-state index is 5.24. The first-order chi connectivity index (χ1) is 7.15. The summed E-state index contributed by atoms with van der Waals surface area (Å²) in [5.74, 6) is -0.978. The van der Waals surface area contributed by atoms with Crippen LogP contribution in [0.3, 0.4) is 0 Å². The van der Waals surface area contributed by atoms with Crippen LogP contribution in [0.25, 0.3) is 0 Å². The summed E-state index contributed by atoms with van der Waals surface area (Å²) in [4.78, 5) is 0. The monoisotopic (exact) mass is 210 g/mol. The molecular weight excluding hydrogens is 192 g/mol. The molecular formula is C12H18O3. The first kappa shape index (κ1) is 12.2. The van der Waals surface area contributed by atoms with E-state index in [1.165, 1.54) is 5.56 Å². The predicted octanol–water partition coefficient (Wildman–Crippen LogP) is 2.13. The van der Waals surface area contributed by atoms with Crippen LogP contribution in [0.4, 0.5) is 0 Å². The molecule has 0 saturated carbocycles. The van der Waals surface area contributed by atoms with Gasteiger partial charge in [0.25, 0.3) is 5.97 Å². The van der Waals surface area contributed by atoms with E-state index < -0.39 is 5.97 Å². The Morgan fingerprint density at radius 3 is 2.13 bits per heavy atom. The Balaban J connectivity index is 2.82. The summed E-state index contributed by atoms with van der Waals surface area (Å²) in [6, 6.07) is 8.18. The van der Waals surface area contributed by atoms with Crippen LogP contribution in [-0.4, -0.2) is 27.3 Å². The number of methoxy groups -OCH3 is 3. The van der Waals surface area contributed by atoms with Crippen molar-refractivity contribution in [2.75, 3.05) is 21.3 Å². The van der Waals surface area contributed by atoms with Gasteiger partial charge in [0.1, 0.15) is 0 Å². The van der Waals surface area contributed by atoms with E-state index in [1.54, 1.807) is 21.3 Å². The molecule has 0 bridgehead atoms. The zero-order chi connectivity index (χ0) is 11.3. The second-order valence-corrected chi connectivity index (χ2v) is 3.46. The molecule has 0 heterocycles. The Bertz CT molecular complexity index is 297. The van der Waals surface area contributed by atoms with Crippen molar-refractivity contribution >= 4 is 0 Å². The van der Waals surface area contributed by atoms with Crippen molar-refractivity contribution in [1.82, 2.24) is 0 Å². The van der Waals surface area contributed by atoms with Crippen LogP contribution < -0.4 is 0 Å². The van der Waals surface area contributed by atoms with Gasteiger partial charge in [-0.25, -0.2) is 0 Å². The summed E-state index contributed by atoms with van der Waals surface area (Å²) in [5, 5.41) is 0. The molecule has 3 heteroatoms. The van der Waals surface area contributed by atoms with Gasteiger partial charge in [0.2, 0.25) is 0 Å². The predicted molar refractivity (Wildman–Crippen MR) is 58.6 cm³/mol. The van der Waals surface area contributed by atoms with Gasteiger partial charge in [-0.2, -0.15) is 0 Å². The van der Waals surface area contributed by atoms with Crippen molar-refractivity contribution in [3.63, 3.8) is 0 Å². The fourth-order valence-corrected chi connectivity index (χ4v) is 1.54. The van der Waals surface area contributed by atoms with E-state index in [9.17, 15) is 0 Å². The highest BCUT2D eigenvalue weighted by atomic mass is 16.9. The van der Waals surface area contributed by atoms with Crippen molar-refractivity contribution in [1.29, 1.82) is 0 Å². The molecule has 3 nitrogen and oxygen atoms in total. The van der Waals surface area contributed by atoms with Crippen LogP contribution in [0.2, 0.25) is 0 Å². The minimum absolute atomic E-state index is 0.568. The summed E-state index contributed by atoms with van der Waals surface area (Å²) in [7, 11) is 4.72. The van der Waals surface area contributed by atoms with E-state index >= 15 is 0 Å². The molecule has 0 N–H and O–H groups in total. The SMILES string of the molecule is COC(Cc1cccc(C)c1)(OC)OC. The van der Waals surface area contributed by atoms with Gasteiger partial charge in [-0.1, -0.05) is 29.8 Å². The highest BCUT2D eigenvalue weighted by molar-refractivity contribution is 5.22. The van der Waals surface area contributed by atoms with E-state index in [2.05, 4.69) is 19.1 Å². The number of aryl methyl sites for hydroxylation is 1. The zero-order valence-corrected chi connectivity index (χ0v) is 9.74. The van der Waals surface area contributed by atoms with E-state index in [0.717, 1.165) is 5.56 Å².